The Bertz CT molecular complexity index is 599. The molecule has 20 heavy (non-hydrogen) atoms. The maximum Gasteiger partial charge on any atom is 0.0958 e. The molecular formula is C19H22O. The van der Waals surface area contributed by atoms with E-state index in [0.29, 0.717) is 11.3 Å². The Morgan fingerprint density at radius 1 is 1.15 bits per heavy atom. The average Bonchev–Trinajstić information content (AvgIpc) is 2.88. The van der Waals surface area contributed by atoms with Gasteiger partial charge in [0.1, 0.15) is 0 Å². The van der Waals surface area contributed by atoms with Crippen LogP contribution in [0.2, 0.25) is 0 Å². The van der Waals surface area contributed by atoms with Crippen molar-refractivity contribution < 1.29 is 4.74 Å². The number of rotatable bonds is 1. The molecule has 4 aliphatic rings. The summed E-state index contributed by atoms with van der Waals surface area (Å²) in [7, 11) is 1.79. The predicted molar refractivity (Wildman–Crippen MR) is 82.0 cm³/mol. The van der Waals surface area contributed by atoms with Crippen molar-refractivity contribution in [3.8, 4) is 0 Å². The van der Waals surface area contributed by atoms with Gasteiger partial charge in [-0.15, -0.1) is 0 Å². The summed E-state index contributed by atoms with van der Waals surface area (Å²) in [6.07, 6.45) is 18.9. The molecule has 3 atom stereocenters. The van der Waals surface area contributed by atoms with Crippen LogP contribution in [-0.4, -0.2) is 7.11 Å². The fourth-order valence-corrected chi connectivity index (χ4v) is 4.50. The van der Waals surface area contributed by atoms with Crippen molar-refractivity contribution in [3.05, 3.63) is 58.9 Å². The van der Waals surface area contributed by atoms with Crippen LogP contribution in [0.3, 0.4) is 0 Å². The number of ether oxygens (including phenoxy) is 1. The third-order valence-corrected chi connectivity index (χ3v) is 5.69. The summed E-state index contributed by atoms with van der Waals surface area (Å²) in [6, 6.07) is 0. The molecular weight excluding hydrogens is 244 g/mol. The SMILES string of the molecule is COC1=CC2=CC=C3C4=CC=C[C@@]4(C)CC[C@@H]3[C@H]2CC1. The van der Waals surface area contributed by atoms with Crippen LogP contribution < -0.4 is 0 Å². The molecule has 4 aliphatic carbocycles. The number of methoxy groups -OCH3 is 1. The molecule has 1 heteroatoms. The molecule has 0 aliphatic heterocycles. The summed E-state index contributed by atoms with van der Waals surface area (Å²) in [4.78, 5) is 0. The first-order chi connectivity index (χ1) is 9.71. The highest BCUT2D eigenvalue weighted by Gasteiger charge is 2.43. The zero-order valence-corrected chi connectivity index (χ0v) is 12.4. The van der Waals surface area contributed by atoms with E-state index in [-0.39, 0.29) is 0 Å². The highest BCUT2D eigenvalue weighted by molar-refractivity contribution is 5.54. The summed E-state index contributed by atoms with van der Waals surface area (Å²) >= 11 is 0. The van der Waals surface area contributed by atoms with Crippen molar-refractivity contribution >= 4 is 0 Å². The molecule has 1 saturated carbocycles. The normalized spacial score (nSPS) is 37.9. The second kappa shape index (κ2) is 4.25. The topological polar surface area (TPSA) is 9.23 Å². The molecule has 0 N–H and O–H groups in total. The van der Waals surface area contributed by atoms with Crippen molar-refractivity contribution in [2.45, 2.75) is 32.6 Å². The maximum atomic E-state index is 5.44. The van der Waals surface area contributed by atoms with Gasteiger partial charge in [0, 0.05) is 11.8 Å². The fourth-order valence-electron chi connectivity index (χ4n) is 4.50. The highest BCUT2D eigenvalue weighted by Crippen LogP contribution is 2.55. The molecule has 0 radical (unpaired) electrons. The van der Waals surface area contributed by atoms with E-state index in [1.165, 1.54) is 24.8 Å². The first-order valence-electron chi connectivity index (χ1n) is 7.78. The number of hydrogen-bond donors (Lipinski definition) is 0. The summed E-state index contributed by atoms with van der Waals surface area (Å²) in [5.74, 6) is 2.58. The minimum atomic E-state index is 0.301. The fraction of sp³-hybridized carbons (Fsp3) is 0.474. The van der Waals surface area contributed by atoms with E-state index in [4.69, 9.17) is 4.74 Å². The van der Waals surface area contributed by atoms with Gasteiger partial charge in [-0.25, -0.2) is 0 Å². The second-order valence-electron chi connectivity index (χ2n) is 6.75. The van der Waals surface area contributed by atoms with Gasteiger partial charge in [0.25, 0.3) is 0 Å². The van der Waals surface area contributed by atoms with Crippen molar-refractivity contribution in [3.63, 3.8) is 0 Å². The van der Waals surface area contributed by atoms with Gasteiger partial charge in [-0.2, -0.15) is 0 Å². The zero-order chi connectivity index (χ0) is 13.7. The minimum Gasteiger partial charge on any atom is -0.501 e. The molecule has 0 aromatic carbocycles. The second-order valence-corrected chi connectivity index (χ2v) is 6.75. The molecule has 1 nitrogen and oxygen atoms in total. The molecule has 1 fully saturated rings. The lowest BCUT2D eigenvalue weighted by atomic mass is 9.60. The van der Waals surface area contributed by atoms with Gasteiger partial charge in [0.15, 0.2) is 0 Å². The van der Waals surface area contributed by atoms with E-state index in [9.17, 15) is 0 Å². The van der Waals surface area contributed by atoms with Crippen molar-refractivity contribution in [2.24, 2.45) is 17.3 Å². The van der Waals surface area contributed by atoms with Gasteiger partial charge in [0.05, 0.1) is 12.9 Å². The molecule has 0 aromatic rings. The molecule has 0 heterocycles. The van der Waals surface area contributed by atoms with Gasteiger partial charge in [-0.3, -0.25) is 0 Å². The summed E-state index contributed by atoms with van der Waals surface area (Å²) in [5, 5.41) is 0. The first-order valence-corrected chi connectivity index (χ1v) is 7.78. The Morgan fingerprint density at radius 3 is 2.90 bits per heavy atom. The van der Waals surface area contributed by atoms with Crippen LogP contribution in [0.25, 0.3) is 0 Å². The van der Waals surface area contributed by atoms with Crippen LogP contribution in [0.5, 0.6) is 0 Å². The third-order valence-electron chi connectivity index (χ3n) is 5.69. The van der Waals surface area contributed by atoms with Gasteiger partial charge in [-0.05, 0) is 53.9 Å². The smallest absolute Gasteiger partial charge is 0.0958 e. The molecule has 0 amide bonds. The molecule has 104 valence electrons. The average molecular weight is 266 g/mol. The van der Waals surface area contributed by atoms with Crippen LogP contribution >= 0.6 is 0 Å². The maximum absolute atomic E-state index is 5.44. The lowest BCUT2D eigenvalue weighted by molar-refractivity contribution is 0.240. The van der Waals surface area contributed by atoms with E-state index in [1.807, 2.05) is 0 Å². The predicted octanol–water partition coefficient (Wildman–Crippen LogP) is 4.71. The zero-order valence-electron chi connectivity index (χ0n) is 12.4. The molecule has 0 bridgehead atoms. The van der Waals surface area contributed by atoms with Gasteiger partial charge < -0.3 is 4.74 Å². The monoisotopic (exact) mass is 266 g/mol. The minimum absolute atomic E-state index is 0.301. The van der Waals surface area contributed by atoms with Crippen molar-refractivity contribution in [1.29, 1.82) is 0 Å². The first kappa shape index (κ1) is 12.3. The highest BCUT2D eigenvalue weighted by atomic mass is 16.5. The van der Waals surface area contributed by atoms with Gasteiger partial charge >= 0.3 is 0 Å². The number of allylic oxidation sites excluding steroid dienone is 10. The summed E-state index contributed by atoms with van der Waals surface area (Å²) < 4.78 is 5.44. The Morgan fingerprint density at radius 2 is 2.05 bits per heavy atom. The van der Waals surface area contributed by atoms with Crippen molar-refractivity contribution in [1.82, 2.24) is 0 Å². The van der Waals surface area contributed by atoms with Crippen molar-refractivity contribution in [2.75, 3.05) is 7.11 Å². The largest absolute Gasteiger partial charge is 0.501 e. The van der Waals surface area contributed by atoms with Crippen LogP contribution in [-0.2, 0) is 4.74 Å². The lowest BCUT2D eigenvalue weighted by Gasteiger charge is -2.44. The molecule has 0 aromatic heterocycles. The Kier molecular flexibility index (Phi) is 2.60. The van der Waals surface area contributed by atoms with E-state index in [1.54, 1.807) is 18.3 Å². The van der Waals surface area contributed by atoms with E-state index >= 15 is 0 Å². The standard InChI is InChI=1S/C19H22O/c1-19-10-3-4-18(19)17-7-5-13-12-14(20-2)6-8-15(13)16(17)9-11-19/h3-5,7,10,12,15-16H,6,8-9,11H2,1-2H3/t15-,16+,19-/m0/s1. The molecule has 0 unspecified atom stereocenters. The number of hydrogen-bond acceptors (Lipinski definition) is 1. The molecule has 0 spiro atoms. The summed E-state index contributed by atoms with van der Waals surface area (Å²) in [6.45, 7) is 2.39. The Hall–Kier alpha value is -1.50. The van der Waals surface area contributed by atoms with Crippen LogP contribution in [0.1, 0.15) is 32.6 Å². The van der Waals surface area contributed by atoms with E-state index in [0.717, 1.165) is 18.1 Å². The number of fused-ring (bicyclic) bond motifs is 5. The molecule has 0 saturated heterocycles. The van der Waals surface area contributed by atoms with Gasteiger partial charge in [-0.1, -0.05) is 37.3 Å². The Labute approximate surface area is 121 Å². The lowest BCUT2D eigenvalue weighted by Crippen LogP contribution is -2.33. The van der Waals surface area contributed by atoms with E-state index in [2.05, 4.69) is 43.4 Å². The third kappa shape index (κ3) is 1.62. The van der Waals surface area contributed by atoms with Gasteiger partial charge in [0.2, 0.25) is 0 Å². The molecule has 4 rings (SSSR count). The Balaban J connectivity index is 1.74. The van der Waals surface area contributed by atoms with E-state index < -0.39 is 0 Å². The summed E-state index contributed by atoms with van der Waals surface area (Å²) in [5.41, 5.74) is 4.96. The van der Waals surface area contributed by atoms with Crippen LogP contribution in [0.4, 0.5) is 0 Å². The van der Waals surface area contributed by atoms with Crippen LogP contribution in [0, 0.1) is 17.3 Å². The van der Waals surface area contributed by atoms with Crippen LogP contribution in [0.15, 0.2) is 58.9 Å². The quantitative estimate of drug-likeness (QED) is 0.668.